The van der Waals surface area contributed by atoms with E-state index < -0.39 is 0 Å². The zero-order chi connectivity index (χ0) is 4.69. The van der Waals surface area contributed by atoms with Crippen molar-refractivity contribution in [1.29, 1.82) is 0 Å². The van der Waals surface area contributed by atoms with Crippen molar-refractivity contribution in [2.45, 2.75) is 6.29 Å². The van der Waals surface area contributed by atoms with Crippen LogP contribution in [-0.4, -0.2) is 6.29 Å². The highest BCUT2D eigenvalue weighted by Crippen LogP contribution is 2.30. The topological polar surface area (TPSA) is 21.8 Å². The third kappa shape index (κ3) is 0.330. The van der Waals surface area contributed by atoms with E-state index in [0.717, 1.165) is 5.76 Å². The lowest BCUT2D eigenvalue weighted by Crippen LogP contribution is -1.85. The van der Waals surface area contributed by atoms with Gasteiger partial charge in [0.1, 0.15) is 0 Å². The Hall–Kier alpha value is -0.920. The lowest BCUT2D eigenvalue weighted by Gasteiger charge is -1.88. The number of allylic oxidation sites excluding steroid dienone is 2. The van der Waals surface area contributed by atoms with Gasteiger partial charge in [0, 0.05) is 0 Å². The Kier molecular flexibility index (Phi) is 0.372. The number of fused-ring (bicyclic) bond motifs is 1. The van der Waals surface area contributed by atoms with E-state index in [1.165, 1.54) is 0 Å². The average molecular weight is 96.1 g/mol. The first-order valence-electron chi connectivity index (χ1n) is 2.16. The first-order chi connectivity index (χ1) is 3.47. The standard InChI is InChI=1S/C5H4O2/c1-2-4-5(7-4)6-3-1/h1-3,5H. The van der Waals surface area contributed by atoms with Gasteiger partial charge in [-0.3, -0.25) is 0 Å². The summed E-state index contributed by atoms with van der Waals surface area (Å²) >= 11 is 0. The van der Waals surface area contributed by atoms with Crippen LogP contribution >= 0.6 is 0 Å². The Labute approximate surface area is 41.0 Å². The lowest BCUT2D eigenvalue weighted by atomic mass is 10.5. The molecule has 1 unspecified atom stereocenters. The minimum absolute atomic E-state index is 0.0231. The molecule has 0 spiro atoms. The van der Waals surface area contributed by atoms with Crippen molar-refractivity contribution < 1.29 is 9.47 Å². The van der Waals surface area contributed by atoms with E-state index in [1.807, 2.05) is 12.2 Å². The fourth-order valence-corrected chi connectivity index (χ4v) is 0.553. The summed E-state index contributed by atoms with van der Waals surface area (Å²) in [6.07, 6.45) is 5.32. The fourth-order valence-electron chi connectivity index (χ4n) is 0.553. The lowest BCUT2D eigenvalue weighted by molar-refractivity contribution is 0.131. The van der Waals surface area contributed by atoms with E-state index in [9.17, 15) is 0 Å². The highest BCUT2D eigenvalue weighted by Gasteiger charge is 2.34. The monoisotopic (exact) mass is 96.0 g/mol. The predicted octanol–water partition coefficient (Wildman–Crippen LogP) is 0.770. The molecule has 2 aliphatic rings. The van der Waals surface area contributed by atoms with E-state index in [-0.39, 0.29) is 6.29 Å². The third-order valence-electron chi connectivity index (χ3n) is 0.959. The van der Waals surface area contributed by atoms with Gasteiger partial charge >= 0.3 is 0 Å². The highest BCUT2D eigenvalue weighted by atomic mass is 16.8. The molecule has 1 atom stereocenters. The molecular formula is C5H4O2. The van der Waals surface area contributed by atoms with Crippen LogP contribution < -0.4 is 0 Å². The first kappa shape index (κ1) is 3.13. The number of hydrogen-bond donors (Lipinski definition) is 0. The van der Waals surface area contributed by atoms with Crippen molar-refractivity contribution in [1.82, 2.24) is 0 Å². The van der Waals surface area contributed by atoms with Crippen LogP contribution in [0.2, 0.25) is 0 Å². The molecule has 0 aromatic heterocycles. The molecule has 0 N–H and O–H groups in total. The van der Waals surface area contributed by atoms with Crippen LogP contribution in [0.25, 0.3) is 0 Å². The molecule has 2 aliphatic heterocycles. The maximum Gasteiger partial charge on any atom is 0.299 e. The SMILES string of the molecule is C1=COC2OC2=C1. The van der Waals surface area contributed by atoms with E-state index in [4.69, 9.17) is 9.47 Å². The predicted molar refractivity (Wildman–Crippen MR) is 23.2 cm³/mol. The van der Waals surface area contributed by atoms with Crippen LogP contribution in [0.5, 0.6) is 0 Å². The van der Waals surface area contributed by atoms with Crippen molar-refractivity contribution in [2.75, 3.05) is 0 Å². The van der Waals surface area contributed by atoms with Gasteiger partial charge in [-0.1, -0.05) is 0 Å². The van der Waals surface area contributed by atoms with Gasteiger partial charge in [-0.2, -0.15) is 0 Å². The molecule has 0 radical (unpaired) electrons. The molecule has 0 saturated carbocycles. The van der Waals surface area contributed by atoms with Crippen LogP contribution in [0.1, 0.15) is 0 Å². The zero-order valence-corrected chi connectivity index (χ0v) is 3.63. The summed E-state index contributed by atoms with van der Waals surface area (Å²) in [5.74, 6) is 0.947. The summed E-state index contributed by atoms with van der Waals surface area (Å²) in [7, 11) is 0. The van der Waals surface area contributed by atoms with Gasteiger partial charge in [0.15, 0.2) is 5.76 Å². The van der Waals surface area contributed by atoms with Gasteiger partial charge in [-0.05, 0) is 12.2 Å². The van der Waals surface area contributed by atoms with E-state index >= 15 is 0 Å². The molecule has 2 nitrogen and oxygen atoms in total. The van der Waals surface area contributed by atoms with Gasteiger partial charge in [-0.15, -0.1) is 0 Å². The molecule has 1 fully saturated rings. The van der Waals surface area contributed by atoms with Crippen LogP contribution in [0.3, 0.4) is 0 Å². The van der Waals surface area contributed by atoms with Crippen LogP contribution in [0.15, 0.2) is 24.2 Å². The number of ether oxygens (including phenoxy) is 2. The second-order valence-electron chi connectivity index (χ2n) is 1.48. The van der Waals surface area contributed by atoms with Gasteiger partial charge in [0.05, 0.1) is 6.26 Å². The summed E-state index contributed by atoms with van der Waals surface area (Å²) in [6.45, 7) is 0. The quantitative estimate of drug-likeness (QED) is 0.415. The highest BCUT2D eigenvalue weighted by molar-refractivity contribution is 5.20. The maximum absolute atomic E-state index is 4.88. The summed E-state index contributed by atoms with van der Waals surface area (Å²) < 4.78 is 9.73. The summed E-state index contributed by atoms with van der Waals surface area (Å²) in [5, 5.41) is 0. The van der Waals surface area contributed by atoms with Crippen molar-refractivity contribution in [3.05, 3.63) is 24.2 Å². The van der Waals surface area contributed by atoms with E-state index in [1.54, 1.807) is 6.26 Å². The van der Waals surface area contributed by atoms with Gasteiger partial charge in [-0.25, -0.2) is 0 Å². The Morgan fingerprint density at radius 1 is 1.57 bits per heavy atom. The summed E-state index contributed by atoms with van der Waals surface area (Å²) in [5.41, 5.74) is 0. The Balaban J connectivity index is 2.31. The molecule has 2 heteroatoms. The molecule has 36 valence electrons. The first-order valence-corrected chi connectivity index (χ1v) is 2.16. The number of hydrogen-bond acceptors (Lipinski definition) is 2. The molecule has 0 bridgehead atoms. The van der Waals surface area contributed by atoms with Gasteiger partial charge in [0.2, 0.25) is 0 Å². The largest absolute Gasteiger partial charge is 0.456 e. The van der Waals surface area contributed by atoms with Crippen molar-refractivity contribution >= 4 is 0 Å². The Morgan fingerprint density at radius 2 is 2.57 bits per heavy atom. The zero-order valence-electron chi connectivity index (χ0n) is 3.63. The molecule has 2 heterocycles. The molecule has 0 aliphatic carbocycles. The minimum atomic E-state index is -0.0231. The Morgan fingerprint density at radius 3 is 3.14 bits per heavy atom. The number of epoxide rings is 1. The van der Waals surface area contributed by atoms with E-state index in [0.29, 0.717) is 0 Å². The Bertz CT molecular complexity index is 146. The summed E-state index contributed by atoms with van der Waals surface area (Å²) in [4.78, 5) is 0. The molecule has 2 rings (SSSR count). The van der Waals surface area contributed by atoms with Crippen molar-refractivity contribution in [3.8, 4) is 0 Å². The molecule has 1 saturated heterocycles. The summed E-state index contributed by atoms with van der Waals surface area (Å²) in [6, 6.07) is 0. The average Bonchev–Trinajstić information content (AvgIpc) is 2.41. The minimum Gasteiger partial charge on any atom is -0.456 e. The van der Waals surface area contributed by atoms with Crippen molar-refractivity contribution in [3.63, 3.8) is 0 Å². The van der Waals surface area contributed by atoms with Crippen LogP contribution in [0.4, 0.5) is 0 Å². The normalized spacial score (nSPS) is 32.0. The molecule has 0 amide bonds. The van der Waals surface area contributed by atoms with Crippen molar-refractivity contribution in [2.24, 2.45) is 0 Å². The van der Waals surface area contributed by atoms with Gasteiger partial charge < -0.3 is 9.47 Å². The second kappa shape index (κ2) is 0.832. The molecular weight excluding hydrogens is 92.1 g/mol. The third-order valence-corrected chi connectivity index (χ3v) is 0.959. The van der Waals surface area contributed by atoms with Crippen LogP contribution in [-0.2, 0) is 9.47 Å². The molecule has 0 aromatic rings. The molecule has 0 aromatic carbocycles. The fraction of sp³-hybridized carbons (Fsp3) is 0.200. The number of rotatable bonds is 0. The smallest absolute Gasteiger partial charge is 0.299 e. The maximum atomic E-state index is 4.88. The second-order valence-corrected chi connectivity index (χ2v) is 1.48. The van der Waals surface area contributed by atoms with E-state index in [2.05, 4.69) is 0 Å². The van der Waals surface area contributed by atoms with Crippen LogP contribution in [0, 0.1) is 0 Å². The van der Waals surface area contributed by atoms with Gasteiger partial charge in [0.25, 0.3) is 6.29 Å². The molecule has 7 heavy (non-hydrogen) atoms.